The molecule has 0 N–H and O–H groups in total. The lowest BCUT2D eigenvalue weighted by molar-refractivity contribution is 0.0515. The van der Waals surface area contributed by atoms with E-state index in [-0.39, 0.29) is 18.1 Å². The zero-order valence-electron chi connectivity index (χ0n) is 13.4. The van der Waals surface area contributed by atoms with Crippen molar-refractivity contribution in [1.29, 1.82) is 5.26 Å². The van der Waals surface area contributed by atoms with E-state index < -0.39 is 5.97 Å². The topological polar surface area (TPSA) is 85.0 Å². The van der Waals surface area contributed by atoms with E-state index in [4.69, 9.17) is 10.00 Å². The van der Waals surface area contributed by atoms with Gasteiger partial charge in [0.25, 0.3) is 0 Å². The zero-order valence-corrected chi connectivity index (χ0v) is 13.4. The van der Waals surface area contributed by atoms with Crippen LogP contribution in [-0.2, 0) is 17.7 Å². The third kappa shape index (κ3) is 2.93. The molecule has 6 heteroatoms. The van der Waals surface area contributed by atoms with E-state index in [0.29, 0.717) is 30.5 Å². The molecule has 0 unspecified atom stereocenters. The molecule has 0 saturated heterocycles. The normalized spacial score (nSPS) is 13.2. The lowest BCUT2D eigenvalue weighted by atomic mass is 9.94. The van der Waals surface area contributed by atoms with Gasteiger partial charge in [0.1, 0.15) is 0 Å². The number of benzene rings is 1. The highest BCUT2D eigenvalue weighted by atomic mass is 16.5. The van der Waals surface area contributed by atoms with Crippen molar-refractivity contribution < 1.29 is 14.3 Å². The van der Waals surface area contributed by atoms with Gasteiger partial charge in [0.2, 0.25) is 0 Å². The lowest BCUT2D eigenvalue weighted by Crippen LogP contribution is -2.16. The van der Waals surface area contributed by atoms with Crippen molar-refractivity contribution in [2.75, 3.05) is 6.61 Å². The Labute approximate surface area is 139 Å². The van der Waals surface area contributed by atoms with Gasteiger partial charge in [0.15, 0.2) is 11.5 Å². The maximum Gasteiger partial charge on any atom is 0.359 e. The number of rotatable bonds is 4. The van der Waals surface area contributed by atoms with Crippen molar-refractivity contribution in [3.63, 3.8) is 0 Å². The van der Waals surface area contributed by atoms with Crippen LogP contribution in [0.2, 0.25) is 0 Å². The van der Waals surface area contributed by atoms with Crippen LogP contribution in [0.25, 0.3) is 0 Å². The number of hydrogen-bond acceptors (Lipinski definition) is 5. The maximum atomic E-state index is 12.3. The van der Waals surface area contributed by atoms with Gasteiger partial charge in [-0.3, -0.25) is 9.48 Å². The van der Waals surface area contributed by atoms with Gasteiger partial charge in [-0.05, 0) is 37.5 Å². The minimum atomic E-state index is -0.553. The molecule has 1 aliphatic carbocycles. The predicted molar refractivity (Wildman–Crippen MR) is 85.7 cm³/mol. The highest BCUT2D eigenvalue weighted by Crippen LogP contribution is 2.26. The summed E-state index contributed by atoms with van der Waals surface area (Å²) in [5.41, 5.74) is 2.86. The fourth-order valence-electron chi connectivity index (χ4n) is 2.92. The molecule has 24 heavy (non-hydrogen) atoms. The molecule has 0 atom stereocenters. The third-order valence-corrected chi connectivity index (χ3v) is 4.04. The first-order valence-electron chi connectivity index (χ1n) is 7.93. The molecule has 3 rings (SSSR count). The molecule has 122 valence electrons. The number of carbonyl (C=O) groups is 2. The molecule has 0 saturated carbocycles. The Morgan fingerprint density at radius 1 is 1.33 bits per heavy atom. The number of nitrogens with zero attached hydrogens (tertiary/aromatic N) is 3. The summed E-state index contributed by atoms with van der Waals surface area (Å²) in [7, 11) is 0. The van der Waals surface area contributed by atoms with Crippen LogP contribution in [-0.4, -0.2) is 28.1 Å². The summed E-state index contributed by atoms with van der Waals surface area (Å²) in [5.74, 6) is -0.604. The Morgan fingerprint density at radius 3 is 2.75 bits per heavy atom. The summed E-state index contributed by atoms with van der Waals surface area (Å²) in [6.07, 6.45) is 1.90. The van der Waals surface area contributed by atoms with E-state index in [1.165, 1.54) is 0 Å². The van der Waals surface area contributed by atoms with Crippen LogP contribution in [0.3, 0.4) is 0 Å². The smallest absolute Gasteiger partial charge is 0.359 e. The summed E-state index contributed by atoms with van der Waals surface area (Å²) in [6, 6.07) is 9.25. The molecule has 1 heterocycles. The summed E-state index contributed by atoms with van der Waals surface area (Å²) >= 11 is 0. The summed E-state index contributed by atoms with van der Waals surface area (Å²) < 4.78 is 6.74. The second-order valence-electron chi connectivity index (χ2n) is 5.63. The predicted octanol–water partition coefficient (Wildman–Crippen LogP) is 2.50. The molecule has 0 bridgehead atoms. The highest BCUT2D eigenvalue weighted by molar-refractivity contribution is 6.06. The van der Waals surface area contributed by atoms with Crippen molar-refractivity contribution in [3.05, 3.63) is 52.3 Å². The minimum Gasteiger partial charge on any atom is -0.461 e. The standard InChI is InChI=1S/C18H17N3O3/c1-2-24-18(23)17-16-14(4-3-5-15(16)22)21(20-17)11-13-8-6-12(10-19)7-9-13/h6-9H,2-5,11H2,1H3. The Balaban J connectivity index is 1.98. The Bertz CT molecular complexity index is 828. The van der Waals surface area contributed by atoms with E-state index >= 15 is 0 Å². The van der Waals surface area contributed by atoms with Gasteiger partial charge < -0.3 is 4.74 Å². The van der Waals surface area contributed by atoms with Crippen molar-refractivity contribution in [2.24, 2.45) is 0 Å². The minimum absolute atomic E-state index is 0.0506. The number of hydrogen-bond donors (Lipinski definition) is 0. The van der Waals surface area contributed by atoms with Gasteiger partial charge in [0.05, 0.1) is 36.0 Å². The molecule has 2 aromatic rings. The van der Waals surface area contributed by atoms with Crippen LogP contribution >= 0.6 is 0 Å². The van der Waals surface area contributed by atoms with E-state index in [1.807, 2.05) is 12.1 Å². The fourth-order valence-corrected chi connectivity index (χ4v) is 2.92. The molecule has 1 aliphatic rings. The number of carbonyl (C=O) groups excluding carboxylic acids is 2. The van der Waals surface area contributed by atoms with E-state index in [9.17, 15) is 9.59 Å². The third-order valence-electron chi connectivity index (χ3n) is 4.04. The van der Waals surface area contributed by atoms with Crippen molar-refractivity contribution in [2.45, 2.75) is 32.7 Å². The SMILES string of the molecule is CCOC(=O)c1nn(Cc2ccc(C#N)cc2)c2c1C(=O)CCC2. The van der Waals surface area contributed by atoms with Gasteiger partial charge in [-0.15, -0.1) is 0 Å². The first-order valence-corrected chi connectivity index (χ1v) is 7.93. The van der Waals surface area contributed by atoms with Crippen LogP contribution in [0.5, 0.6) is 0 Å². The maximum absolute atomic E-state index is 12.3. The average molecular weight is 323 g/mol. The molecular formula is C18H17N3O3. The second kappa shape index (κ2) is 6.67. The summed E-state index contributed by atoms with van der Waals surface area (Å²) in [4.78, 5) is 24.4. The number of fused-ring (bicyclic) bond motifs is 1. The molecule has 0 aliphatic heterocycles. The second-order valence-corrected chi connectivity index (χ2v) is 5.63. The van der Waals surface area contributed by atoms with Crippen LogP contribution in [0, 0.1) is 11.3 Å². The molecule has 0 fully saturated rings. The number of esters is 1. The fraction of sp³-hybridized carbons (Fsp3) is 0.333. The molecular weight excluding hydrogens is 306 g/mol. The number of Topliss-reactive ketones (excluding diaryl/α,β-unsaturated/α-hetero) is 1. The largest absolute Gasteiger partial charge is 0.461 e. The highest BCUT2D eigenvalue weighted by Gasteiger charge is 2.30. The molecule has 6 nitrogen and oxygen atoms in total. The zero-order chi connectivity index (χ0) is 17.1. The average Bonchev–Trinajstić information content (AvgIpc) is 2.96. The number of aromatic nitrogens is 2. The van der Waals surface area contributed by atoms with E-state index in [2.05, 4.69) is 11.2 Å². The van der Waals surface area contributed by atoms with Crippen molar-refractivity contribution in [1.82, 2.24) is 9.78 Å². The first-order chi connectivity index (χ1) is 11.6. The Morgan fingerprint density at radius 2 is 2.08 bits per heavy atom. The van der Waals surface area contributed by atoms with Crippen LogP contribution in [0.4, 0.5) is 0 Å². The molecule has 1 aromatic carbocycles. The number of ether oxygens (including phenoxy) is 1. The van der Waals surface area contributed by atoms with Gasteiger partial charge in [-0.1, -0.05) is 12.1 Å². The Hall–Kier alpha value is -2.94. The van der Waals surface area contributed by atoms with Gasteiger partial charge in [0, 0.05) is 6.42 Å². The quantitative estimate of drug-likeness (QED) is 0.807. The summed E-state index contributed by atoms with van der Waals surface area (Å²) in [5, 5.41) is 13.2. The number of ketones is 1. The molecule has 0 amide bonds. The Kier molecular flexibility index (Phi) is 4.43. The van der Waals surface area contributed by atoms with Gasteiger partial charge in [-0.2, -0.15) is 10.4 Å². The van der Waals surface area contributed by atoms with Crippen LogP contribution < -0.4 is 0 Å². The molecule has 1 aromatic heterocycles. The summed E-state index contributed by atoms with van der Waals surface area (Å²) in [6.45, 7) is 2.41. The lowest BCUT2D eigenvalue weighted by Gasteiger charge is -2.13. The van der Waals surface area contributed by atoms with Gasteiger partial charge in [-0.25, -0.2) is 4.79 Å². The van der Waals surface area contributed by atoms with Crippen molar-refractivity contribution in [3.8, 4) is 6.07 Å². The van der Waals surface area contributed by atoms with Gasteiger partial charge >= 0.3 is 5.97 Å². The number of nitriles is 1. The van der Waals surface area contributed by atoms with E-state index in [1.54, 1.807) is 23.7 Å². The van der Waals surface area contributed by atoms with Crippen LogP contribution in [0.15, 0.2) is 24.3 Å². The van der Waals surface area contributed by atoms with Crippen molar-refractivity contribution >= 4 is 11.8 Å². The van der Waals surface area contributed by atoms with E-state index in [0.717, 1.165) is 17.7 Å². The van der Waals surface area contributed by atoms with Crippen LogP contribution in [0.1, 0.15) is 57.4 Å². The molecule has 0 radical (unpaired) electrons. The molecule has 0 spiro atoms. The first kappa shape index (κ1) is 15.9. The monoisotopic (exact) mass is 323 g/mol.